The number of aromatic amines is 1. The normalized spacial score (nSPS) is 17.8. The van der Waals surface area contributed by atoms with Crippen LogP contribution in [0.15, 0.2) is 72.6 Å². The summed E-state index contributed by atoms with van der Waals surface area (Å²) in [5, 5.41) is 4.27. The van der Waals surface area contributed by atoms with Crippen LogP contribution in [0.1, 0.15) is 61.9 Å². The molecule has 2 aliphatic rings. The third-order valence-electron chi connectivity index (χ3n) is 7.76. The van der Waals surface area contributed by atoms with Crippen LogP contribution >= 0.6 is 0 Å². The molecule has 0 bridgehead atoms. The number of carbonyl (C=O) groups is 1. The van der Waals surface area contributed by atoms with E-state index in [1.807, 2.05) is 53.4 Å². The van der Waals surface area contributed by atoms with Crippen molar-refractivity contribution in [2.24, 2.45) is 5.92 Å². The minimum Gasteiger partial charge on any atom is -0.351 e. The van der Waals surface area contributed by atoms with E-state index in [0.29, 0.717) is 17.6 Å². The summed E-state index contributed by atoms with van der Waals surface area (Å²) in [5.74, 6) is 1.20. The van der Waals surface area contributed by atoms with Gasteiger partial charge in [-0.05, 0) is 99.7 Å². The molecule has 0 spiro atoms. The second kappa shape index (κ2) is 11.2. The standard InChI is InChI=1S/C31H34N6O/c38-30(37-18-6-9-23(21-37)12-11-22-7-2-1-3-8-22)29-20-24-19-25(13-14-26(24)35-29)34-31-33-17-15-28(36-31)27-10-4-5-16-32-27/h4-5,7,10,13-17,19-20,23,35H,1-3,6,8-9,11-12,18,21H2,(H,33,34,36). The number of nitrogens with one attached hydrogen (secondary N) is 2. The van der Waals surface area contributed by atoms with Gasteiger partial charge in [-0.1, -0.05) is 17.7 Å². The number of allylic oxidation sites excluding steroid dienone is 2. The number of pyridine rings is 1. The van der Waals surface area contributed by atoms with Crippen LogP contribution in [0.2, 0.25) is 0 Å². The van der Waals surface area contributed by atoms with Crippen LogP contribution in [0.25, 0.3) is 22.3 Å². The number of anilines is 2. The molecule has 1 saturated heterocycles. The van der Waals surface area contributed by atoms with Crippen molar-refractivity contribution < 1.29 is 4.79 Å². The monoisotopic (exact) mass is 506 g/mol. The largest absolute Gasteiger partial charge is 0.351 e. The average Bonchev–Trinajstić information content (AvgIpc) is 3.41. The van der Waals surface area contributed by atoms with Crippen LogP contribution in [-0.2, 0) is 0 Å². The lowest BCUT2D eigenvalue weighted by Gasteiger charge is -2.33. The highest BCUT2D eigenvalue weighted by atomic mass is 16.2. The number of H-pyrrole nitrogens is 1. The second-order valence-electron chi connectivity index (χ2n) is 10.5. The number of hydrogen-bond donors (Lipinski definition) is 2. The lowest BCUT2D eigenvalue weighted by atomic mass is 9.88. The molecule has 0 radical (unpaired) electrons. The van der Waals surface area contributed by atoms with Gasteiger partial charge in [0.25, 0.3) is 5.91 Å². The zero-order valence-corrected chi connectivity index (χ0v) is 21.7. The molecule has 194 valence electrons. The Morgan fingerprint density at radius 1 is 1.03 bits per heavy atom. The Bertz CT molecular complexity index is 1440. The van der Waals surface area contributed by atoms with E-state index >= 15 is 0 Å². The van der Waals surface area contributed by atoms with Crippen molar-refractivity contribution >= 4 is 28.4 Å². The number of nitrogens with zero attached hydrogens (tertiary/aromatic N) is 4. The van der Waals surface area contributed by atoms with Crippen molar-refractivity contribution in [2.45, 2.75) is 51.4 Å². The first-order chi connectivity index (χ1) is 18.7. The van der Waals surface area contributed by atoms with Crippen molar-refractivity contribution in [3.05, 3.63) is 78.3 Å². The number of amides is 1. The summed E-state index contributed by atoms with van der Waals surface area (Å²) < 4.78 is 0. The summed E-state index contributed by atoms with van der Waals surface area (Å²) in [6, 6.07) is 15.6. The summed E-state index contributed by atoms with van der Waals surface area (Å²) in [7, 11) is 0. The summed E-state index contributed by atoms with van der Waals surface area (Å²) >= 11 is 0. The quantitative estimate of drug-likeness (QED) is 0.266. The number of rotatable bonds is 7. The minimum absolute atomic E-state index is 0.101. The summed E-state index contributed by atoms with van der Waals surface area (Å²) in [4.78, 5) is 32.1. The van der Waals surface area contributed by atoms with Gasteiger partial charge in [-0.2, -0.15) is 0 Å². The Kier molecular flexibility index (Phi) is 7.16. The zero-order chi connectivity index (χ0) is 25.7. The van der Waals surface area contributed by atoms with Crippen molar-refractivity contribution in [2.75, 3.05) is 18.4 Å². The van der Waals surface area contributed by atoms with Crippen molar-refractivity contribution in [1.29, 1.82) is 0 Å². The lowest BCUT2D eigenvalue weighted by molar-refractivity contribution is 0.0663. The number of likely N-dealkylation sites (tertiary alicyclic amines) is 1. The first-order valence-electron chi connectivity index (χ1n) is 13.8. The van der Waals surface area contributed by atoms with E-state index < -0.39 is 0 Å². The highest BCUT2D eigenvalue weighted by Gasteiger charge is 2.25. The molecule has 38 heavy (non-hydrogen) atoms. The molecule has 1 atom stereocenters. The van der Waals surface area contributed by atoms with Crippen LogP contribution < -0.4 is 5.32 Å². The molecule has 1 fully saturated rings. The molecule has 3 aromatic heterocycles. The van der Waals surface area contributed by atoms with E-state index in [1.54, 1.807) is 18.0 Å². The molecule has 2 N–H and O–H groups in total. The van der Waals surface area contributed by atoms with Crippen LogP contribution in [0, 0.1) is 5.92 Å². The fourth-order valence-electron chi connectivity index (χ4n) is 5.71. The van der Waals surface area contributed by atoms with Gasteiger partial charge in [-0.15, -0.1) is 0 Å². The predicted octanol–water partition coefficient (Wildman–Crippen LogP) is 6.90. The molecule has 1 aliphatic carbocycles. The third-order valence-corrected chi connectivity index (χ3v) is 7.76. The molecule has 0 saturated carbocycles. The summed E-state index contributed by atoms with van der Waals surface area (Å²) in [6.45, 7) is 1.70. The molecule has 7 nitrogen and oxygen atoms in total. The van der Waals surface area contributed by atoms with E-state index in [1.165, 1.54) is 44.9 Å². The van der Waals surface area contributed by atoms with E-state index in [4.69, 9.17) is 0 Å². The number of benzene rings is 1. The van der Waals surface area contributed by atoms with Crippen LogP contribution in [-0.4, -0.2) is 43.8 Å². The first-order valence-corrected chi connectivity index (χ1v) is 13.8. The Hall–Kier alpha value is -4.00. The van der Waals surface area contributed by atoms with Crippen molar-refractivity contribution in [1.82, 2.24) is 24.8 Å². The van der Waals surface area contributed by atoms with Gasteiger partial charge in [0.05, 0.1) is 11.4 Å². The first kappa shape index (κ1) is 24.3. The molecule has 4 aromatic rings. The van der Waals surface area contributed by atoms with Gasteiger partial charge in [-0.3, -0.25) is 9.78 Å². The molecule has 6 rings (SSSR count). The maximum Gasteiger partial charge on any atom is 0.270 e. The number of carbonyl (C=O) groups excluding carboxylic acids is 1. The summed E-state index contributed by atoms with van der Waals surface area (Å²) in [5.41, 5.74) is 5.65. The van der Waals surface area contributed by atoms with Crippen LogP contribution in [0.4, 0.5) is 11.6 Å². The molecular weight excluding hydrogens is 472 g/mol. The minimum atomic E-state index is 0.101. The van der Waals surface area contributed by atoms with Crippen molar-refractivity contribution in [3.63, 3.8) is 0 Å². The molecule has 1 aromatic carbocycles. The van der Waals surface area contributed by atoms with Gasteiger partial charge in [0.15, 0.2) is 0 Å². The maximum absolute atomic E-state index is 13.4. The molecule has 4 heterocycles. The predicted molar refractivity (Wildman–Crippen MR) is 151 cm³/mol. The number of piperidine rings is 1. The number of aromatic nitrogens is 4. The number of hydrogen-bond acceptors (Lipinski definition) is 5. The number of fused-ring (bicyclic) bond motifs is 1. The highest BCUT2D eigenvalue weighted by molar-refractivity contribution is 5.98. The van der Waals surface area contributed by atoms with E-state index in [9.17, 15) is 4.79 Å². The van der Waals surface area contributed by atoms with Gasteiger partial charge < -0.3 is 15.2 Å². The lowest BCUT2D eigenvalue weighted by Crippen LogP contribution is -2.40. The van der Waals surface area contributed by atoms with Crippen molar-refractivity contribution in [3.8, 4) is 11.4 Å². The van der Waals surface area contributed by atoms with E-state index in [0.717, 1.165) is 47.5 Å². The molecule has 1 aliphatic heterocycles. The molecule has 1 unspecified atom stereocenters. The second-order valence-corrected chi connectivity index (χ2v) is 10.5. The average molecular weight is 507 g/mol. The highest BCUT2D eigenvalue weighted by Crippen LogP contribution is 2.29. The topological polar surface area (TPSA) is 86.8 Å². The van der Waals surface area contributed by atoms with Crippen LogP contribution in [0.3, 0.4) is 0 Å². The SMILES string of the molecule is O=C(c1cc2cc(Nc3nccc(-c4ccccn4)n3)ccc2[nH]1)N1CCCC(CCC2=CCCCC2)C1. The van der Waals surface area contributed by atoms with Gasteiger partial charge in [0, 0.05) is 42.1 Å². The zero-order valence-electron chi connectivity index (χ0n) is 21.7. The Balaban J connectivity index is 1.12. The van der Waals surface area contributed by atoms with Gasteiger partial charge in [0.1, 0.15) is 5.69 Å². The van der Waals surface area contributed by atoms with Crippen LogP contribution in [0.5, 0.6) is 0 Å². The smallest absolute Gasteiger partial charge is 0.270 e. The van der Waals surface area contributed by atoms with E-state index in [2.05, 4.69) is 31.3 Å². The van der Waals surface area contributed by atoms with Gasteiger partial charge >= 0.3 is 0 Å². The van der Waals surface area contributed by atoms with E-state index in [-0.39, 0.29) is 5.91 Å². The summed E-state index contributed by atoms with van der Waals surface area (Å²) in [6.07, 6.45) is 15.8. The Labute approximate surface area is 223 Å². The Morgan fingerprint density at radius 3 is 2.87 bits per heavy atom. The Morgan fingerprint density at radius 2 is 2.00 bits per heavy atom. The fourth-order valence-corrected chi connectivity index (χ4v) is 5.71. The molecule has 7 heteroatoms. The third kappa shape index (κ3) is 5.62. The molecular formula is C31H34N6O. The van der Waals surface area contributed by atoms with Gasteiger partial charge in [0.2, 0.25) is 5.95 Å². The van der Waals surface area contributed by atoms with Gasteiger partial charge in [-0.25, -0.2) is 9.97 Å². The fraction of sp³-hybridized carbons (Fsp3) is 0.355. The molecule has 1 amide bonds. The maximum atomic E-state index is 13.4.